The SMILES string of the molecule is CSCC[C@H](NC(=O)NCCCCn1ccnc1)C(=O)O. The summed E-state index contributed by atoms with van der Waals surface area (Å²) >= 11 is 1.56. The summed E-state index contributed by atoms with van der Waals surface area (Å²) in [5.74, 6) is -0.304. The standard InChI is InChI=1S/C13H22N4O3S/c1-21-9-4-11(12(18)19)16-13(20)15-5-2-3-7-17-8-6-14-10-17/h6,8,10-11H,2-5,7,9H2,1H3,(H,18,19)(H2,15,16,20)/t11-/m0/s1. The Bertz CT molecular complexity index is 425. The van der Waals surface area contributed by atoms with Crippen LogP contribution in [0.1, 0.15) is 19.3 Å². The molecule has 0 fully saturated rings. The molecule has 1 aromatic rings. The Kier molecular flexibility index (Phi) is 8.34. The van der Waals surface area contributed by atoms with Gasteiger partial charge in [0.1, 0.15) is 6.04 Å². The van der Waals surface area contributed by atoms with E-state index in [0.29, 0.717) is 18.7 Å². The summed E-state index contributed by atoms with van der Waals surface area (Å²) in [7, 11) is 0. The Labute approximate surface area is 128 Å². The maximum Gasteiger partial charge on any atom is 0.326 e. The number of carbonyl (C=O) groups is 2. The average molecular weight is 314 g/mol. The number of unbranched alkanes of at least 4 members (excludes halogenated alkanes) is 1. The second-order valence-electron chi connectivity index (χ2n) is 4.58. The van der Waals surface area contributed by atoms with Crippen LogP contribution in [0.5, 0.6) is 0 Å². The molecule has 0 aliphatic heterocycles. The number of carboxylic acids is 1. The Morgan fingerprint density at radius 2 is 2.24 bits per heavy atom. The van der Waals surface area contributed by atoms with Crippen molar-refractivity contribution >= 4 is 23.8 Å². The van der Waals surface area contributed by atoms with Crippen LogP contribution in [-0.4, -0.2) is 51.3 Å². The summed E-state index contributed by atoms with van der Waals surface area (Å²) in [5, 5.41) is 14.2. The highest BCUT2D eigenvalue weighted by atomic mass is 32.2. The molecule has 0 saturated heterocycles. The number of nitrogens with zero attached hydrogens (tertiary/aromatic N) is 2. The molecule has 0 bridgehead atoms. The van der Waals surface area contributed by atoms with Crippen LogP contribution in [0.4, 0.5) is 4.79 Å². The van der Waals surface area contributed by atoms with Gasteiger partial charge in [0, 0.05) is 25.5 Å². The van der Waals surface area contributed by atoms with Gasteiger partial charge in [-0.2, -0.15) is 11.8 Å². The Hall–Kier alpha value is -1.70. The third kappa shape index (κ3) is 7.60. The van der Waals surface area contributed by atoms with E-state index in [9.17, 15) is 9.59 Å². The van der Waals surface area contributed by atoms with Crippen LogP contribution >= 0.6 is 11.8 Å². The van der Waals surface area contributed by atoms with E-state index in [0.717, 1.165) is 19.4 Å². The first-order valence-electron chi connectivity index (χ1n) is 6.85. The fourth-order valence-corrected chi connectivity index (χ4v) is 2.21. The molecule has 8 heteroatoms. The molecule has 2 amide bonds. The van der Waals surface area contributed by atoms with E-state index in [1.54, 1.807) is 24.3 Å². The third-order valence-corrected chi connectivity index (χ3v) is 3.55. The smallest absolute Gasteiger partial charge is 0.326 e. The molecule has 0 unspecified atom stereocenters. The number of amides is 2. The van der Waals surface area contributed by atoms with Crippen molar-refractivity contribution in [1.29, 1.82) is 0 Å². The molecule has 0 spiro atoms. The number of nitrogens with one attached hydrogen (secondary N) is 2. The molecule has 3 N–H and O–H groups in total. The molecular weight excluding hydrogens is 292 g/mol. The number of urea groups is 1. The summed E-state index contributed by atoms with van der Waals surface area (Å²) in [5.41, 5.74) is 0. The zero-order chi connectivity index (χ0) is 15.5. The maximum absolute atomic E-state index is 11.6. The van der Waals surface area contributed by atoms with Crippen molar-refractivity contribution in [3.8, 4) is 0 Å². The van der Waals surface area contributed by atoms with Crippen molar-refractivity contribution < 1.29 is 14.7 Å². The van der Waals surface area contributed by atoms with E-state index in [2.05, 4.69) is 15.6 Å². The quantitative estimate of drug-likeness (QED) is 0.563. The molecule has 1 rings (SSSR count). The second kappa shape index (κ2) is 10.1. The highest BCUT2D eigenvalue weighted by Gasteiger charge is 2.18. The van der Waals surface area contributed by atoms with E-state index in [1.807, 2.05) is 17.0 Å². The lowest BCUT2D eigenvalue weighted by molar-refractivity contribution is -0.139. The van der Waals surface area contributed by atoms with Gasteiger partial charge in [-0.3, -0.25) is 0 Å². The van der Waals surface area contributed by atoms with E-state index in [1.165, 1.54) is 0 Å². The maximum atomic E-state index is 11.6. The van der Waals surface area contributed by atoms with Gasteiger partial charge in [0.2, 0.25) is 0 Å². The fraction of sp³-hybridized carbons (Fsp3) is 0.615. The van der Waals surface area contributed by atoms with Gasteiger partial charge in [0.15, 0.2) is 0 Å². The van der Waals surface area contributed by atoms with Crippen LogP contribution in [0, 0.1) is 0 Å². The number of rotatable bonds is 10. The Morgan fingerprint density at radius 3 is 2.86 bits per heavy atom. The normalized spacial score (nSPS) is 11.9. The number of carboxylic acid groups (broad SMARTS) is 1. The number of imidazole rings is 1. The van der Waals surface area contributed by atoms with Gasteiger partial charge in [-0.15, -0.1) is 0 Å². The van der Waals surface area contributed by atoms with Crippen LogP contribution in [0.15, 0.2) is 18.7 Å². The van der Waals surface area contributed by atoms with Crippen molar-refractivity contribution in [2.75, 3.05) is 18.6 Å². The lowest BCUT2D eigenvalue weighted by atomic mass is 10.2. The highest BCUT2D eigenvalue weighted by Crippen LogP contribution is 2.01. The lowest BCUT2D eigenvalue weighted by Crippen LogP contribution is -2.46. The van der Waals surface area contributed by atoms with Gasteiger partial charge in [-0.1, -0.05) is 0 Å². The lowest BCUT2D eigenvalue weighted by Gasteiger charge is -2.14. The largest absolute Gasteiger partial charge is 0.480 e. The minimum Gasteiger partial charge on any atom is -0.480 e. The summed E-state index contributed by atoms with van der Waals surface area (Å²) in [6.07, 6.45) is 9.45. The second-order valence-corrected chi connectivity index (χ2v) is 5.57. The number of hydrogen-bond donors (Lipinski definition) is 3. The summed E-state index contributed by atoms with van der Waals surface area (Å²) in [4.78, 5) is 26.5. The van der Waals surface area contributed by atoms with E-state index < -0.39 is 18.0 Å². The van der Waals surface area contributed by atoms with Gasteiger partial charge in [-0.05, 0) is 31.3 Å². The summed E-state index contributed by atoms with van der Waals surface area (Å²) in [6, 6.07) is -1.26. The number of hydrogen-bond acceptors (Lipinski definition) is 4. The Morgan fingerprint density at radius 1 is 1.43 bits per heavy atom. The van der Waals surface area contributed by atoms with Crippen LogP contribution in [0.3, 0.4) is 0 Å². The molecule has 1 aromatic heterocycles. The van der Waals surface area contributed by atoms with Crippen LogP contribution in [0.25, 0.3) is 0 Å². The molecule has 0 aromatic carbocycles. The summed E-state index contributed by atoms with van der Waals surface area (Å²) in [6.45, 7) is 1.38. The van der Waals surface area contributed by atoms with Gasteiger partial charge in [-0.25, -0.2) is 14.6 Å². The zero-order valence-corrected chi connectivity index (χ0v) is 12.9. The highest BCUT2D eigenvalue weighted by molar-refractivity contribution is 7.98. The minimum atomic E-state index is -1.00. The number of aliphatic carboxylic acids is 1. The third-order valence-electron chi connectivity index (χ3n) is 2.90. The van der Waals surface area contributed by atoms with E-state index >= 15 is 0 Å². The first-order chi connectivity index (χ1) is 10.1. The van der Waals surface area contributed by atoms with E-state index in [4.69, 9.17) is 5.11 Å². The van der Waals surface area contributed by atoms with Crippen molar-refractivity contribution in [2.45, 2.75) is 31.8 Å². The first-order valence-corrected chi connectivity index (χ1v) is 8.24. The topological polar surface area (TPSA) is 96.3 Å². The molecule has 0 radical (unpaired) electrons. The predicted octanol–water partition coefficient (Wildman–Crippen LogP) is 1.17. The van der Waals surface area contributed by atoms with Gasteiger partial charge < -0.3 is 20.3 Å². The van der Waals surface area contributed by atoms with Crippen molar-refractivity contribution in [2.24, 2.45) is 0 Å². The molecule has 7 nitrogen and oxygen atoms in total. The Balaban J connectivity index is 2.12. The molecule has 21 heavy (non-hydrogen) atoms. The molecule has 0 saturated carbocycles. The monoisotopic (exact) mass is 314 g/mol. The predicted molar refractivity (Wildman–Crippen MR) is 82.4 cm³/mol. The van der Waals surface area contributed by atoms with Crippen molar-refractivity contribution in [3.05, 3.63) is 18.7 Å². The van der Waals surface area contributed by atoms with Crippen molar-refractivity contribution in [3.63, 3.8) is 0 Å². The molecule has 0 aliphatic carbocycles. The van der Waals surface area contributed by atoms with Crippen LogP contribution in [-0.2, 0) is 11.3 Å². The zero-order valence-electron chi connectivity index (χ0n) is 12.1. The molecule has 1 heterocycles. The average Bonchev–Trinajstić information content (AvgIpc) is 2.96. The number of aromatic nitrogens is 2. The molecule has 0 aliphatic rings. The fourth-order valence-electron chi connectivity index (χ4n) is 1.74. The van der Waals surface area contributed by atoms with Crippen LogP contribution in [0.2, 0.25) is 0 Å². The number of aryl methyl sites for hydroxylation is 1. The molecular formula is C13H22N4O3S. The number of carbonyl (C=O) groups excluding carboxylic acids is 1. The number of thioether (sulfide) groups is 1. The molecule has 1 atom stereocenters. The van der Waals surface area contributed by atoms with Gasteiger partial charge >= 0.3 is 12.0 Å². The van der Waals surface area contributed by atoms with E-state index in [-0.39, 0.29) is 0 Å². The van der Waals surface area contributed by atoms with Gasteiger partial charge in [0.05, 0.1) is 6.33 Å². The van der Waals surface area contributed by atoms with Gasteiger partial charge in [0.25, 0.3) is 0 Å². The molecule has 118 valence electrons. The first kappa shape index (κ1) is 17.4. The minimum absolute atomic E-state index is 0.421. The summed E-state index contributed by atoms with van der Waals surface area (Å²) < 4.78 is 1.98. The van der Waals surface area contributed by atoms with Crippen LogP contribution < -0.4 is 10.6 Å². The van der Waals surface area contributed by atoms with Crippen molar-refractivity contribution in [1.82, 2.24) is 20.2 Å².